The number of carbonyl (C=O) groups excluding carboxylic acids is 1. The van der Waals surface area contributed by atoms with E-state index in [-0.39, 0.29) is 11.9 Å². The zero-order valence-electron chi connectivity index (χ0n) is 18.8. The van der Waals surface area contributed by atoms with E-state index >= 15 is 0 Å². The molecule has 4 rings (SSSR count). The first-order valence-electron chi connectivity index (χ1n) is 11.1. The summed E-state index contributed by atoms with van der Waals surface area (Å²) in [5.74, 6) is 2.15. The second-order valence-corrected chi connectivity index (χ2v) is 9.70. The molecule has 0 radical (unpaired) electrons. The molecule has 0 bridgehead atoms. The smallest absolute Gasteiger partial charge is 0.253 e. The van der Waals surface area contributed by atoms with Gasteiger partial charge < -0.3 is 5.32 Å². The standard InChI is InChI=1S/C24H31N5OS/c1-15-9-8-12-21(16(15)2)26-22(30)14-31-24-27-23-25-17(3)20(18(4)29(23)28-24)13-19-10-6-5-7-11-19/h5-7,10-11,15-16,21H,8-9,12-14H2,1-4H3,(H,26,30)/t15-,16-,21-/m1/s1. The van der Waals surface area contributed by atoms with Crippen LogP contribution in [-0.4, -0.2) is 37.3 Å². The first-order valence-corrected chi connectivity index (χ1v) is 12.1. The van der Waals surface area contributed by atoms with Gasteiger partial charge in [-0.1, -0.05) is 68.8 Å². The summed E-state index contributed by atoms with van der Waals surface area (Å²) >= 11 is 1.37. The van der Waals surface area contributed by atoms with Gasteiger partial charge in [-0.3, -0.25) is 4.79 Å². The third kappa shape index (κ3) is 4.92. The Morgan fingerprint density at radius 1 is 1.16 bits per heavy atom. The third-order valence-corrected chi connectivity index (χ3v) is 7.48. The van der Waals surface area contributed by atoms with Crippen LogP contribution in [0.25, 0.3) is 5.78 Å². The lowest BCUT2D eigenvalue weighted by Crippen LogP contribution is -2.44. The van der Waals surface area contributed by atoms with Crippen LogP contribution < -0.4 is 5.32 Å². The first-order chi connectivity index (χ1) is 14.9. The number of benzene rings is 1. The predicted molar refractivity (Wildman–Crippen MR) is 124 cm³/mol. The van der Waals surface area contributed by atoms with Crippen LogP contribution in [0.15, 0.2) is 35.5 Å². The number of fused-ring (bicyclic) bond motifs is 1. The number of rotatable bonds is 6. The molecule has 3 aromatic rings. The Hall–Kier alpha value is -2.41. The van der Waals surface area contributed by atoms with Gasteiger partial charge in [-0.05, 0) is 43.2 Å². The second-order valence-electron chi connectivity index (χ2n) is 8.76. The van der Waals surface area contributed by atoms with Crippen molar-refractivity contribution in [1.29, 1.82) is 0 Å². The molecule has 1 saturated carbocycles. The van der Waals surface area contributed by atoms with E-state index in [9.17, 15) is 4.79 Å². The molecule has 3 atom stereocenters. The van der Waals surface area contributed by atoms with Gasteiger partial charge in [-0.25, -0.2) is 9.50 Å². The molecule has 2 heterocycles. The normalized spacial score (nSPS) is 21.4. The van der Waals surface area contributed by atoms with E-state index in [1.54, 1.807) is 4.52 Å². The van der Waals surface area contributed by atoms with E-state index in [1.807, 2.05) is 13.0 Å². The lowest BCUT2D eigenvalue weighted by atomic mass is 9.78. The number of aryl methyl sites for hydroxylation is 2. The number of carbonyl (C=O) groups is 1. The fourth-order valence-corrected chi connectivity index (χ4v) is 5.10. The van der Waals surface area contributed by atoms with E-state index in [4.69, 9.17) is 0 Å². The summed E-state index contributed by atoms with van der Waals surface area (Å²) in [6.45, 7) is 8.60. The Kier molecular flexibility index (Phi) is 6.60. The second kappa shape index (κ2) is 9.39. The summed E-state index contributed by atoms with van der Waals surface area (Å²) in [6.07, 6.45) is 4.32. The van der Waals surface area contributed by atoms with Crippen molar-refractivity contribution < 1.29 is 4.79 Å². The fraction of sp³-hybridized carbons (Fsp3) is 0.500. The van der Waals surface area contributed by atoms with Gasteiger partial charge >= 0.3 is 0 Å². The average Bonchev–Trinajstić information content (AvgIpc) is 3.17. The maximum Gasteiger partial charge on any atom is 0.253 e. The monoisotopic (exact) mass is 437 g/mol. The number of thioether (sulfide) groups is 1. The molecule has 1 N–H and O–H groups in total. The average molecular weight is 438 g/mol. The molecule has 1 amide bonds. The predicted octanol–water partition coefficient (Wildman–Crippen LogP) is 4.36. The summed E-state index contributed by atoms with van der Waals surface area (Å²) in [7, 11) is 0. The van der Waals surface area contributed by atoms with Crippen LogP contribution in [0.2, 0.25) is 0 Å². The molecule has 2 aromatic heterocycles. The van der Waals surface area contributed by atoms with Gasteiger partial charge in [0.2, 0.25) is 11.1 Å². The Balaban J connectivity index is 1.44. The molecule has 0 aliphatic heterocycles. The highest BCUT2D eigenvalue weighted by molar-refractivity contribution is 7.99. The van der Waals surface area contributed by atoms with Crippen molar-refractivity contribution in [3.63, 3.8) is 0 Å². The Labute approximate surface area is 188 Å². The van der Waals surface area contributed by atoms with Crippen molar-refractivity contribution in [2.75, 3.05) is 5.75 Å². The molecule has 1 fully saturated rings. The van der Waals surface area contributed by atoms with Gasteiger partial charge in [0.15, 0.2) is 0 Å². The molecular weight excluding hydrogens is 406 g/mol. The van der Waals surface area contributed by atoms with E-state index in [0.717, 1.165) is 24.2 Å². The third-order valence-electron chi connectivity index (χ3n) is 6.64. The lowest BCUT2D eigenvalue weighted by Gasteiger charge is -2.34. The lowest BCUT2D eigenvalue weighted by molar-refractivity contribution is -0.120. The molecular formula is C24H31N5OS. The van der Waals surface area contributed by atoms with Crippen LogP contribution in [0, 0.1) is 25.7 Å². The summed E-state index contributed by atoms with van der Waals surface area (Å²) in [5.41, 5.74) is 4.42. The molecule has 164 valence electrons. The van der Waals surface area contributed by atoms with Crippen LogP contribution >= 0.6 is 11.8 Å². The topological polar surface area (TPSA) is 72.2 Å². The van der Waals surface area contributed by atoms with Crippen LogP contribution in [0.5, 0.6) is 0 Å². The molecule has 0 saturated heterocycles. The Morgan fingerprint density at radius 2 is 1.94 bits per heavy atom. The van der Waals surface area contributed by atoms with Gasteiger partial charge in [0.25, 0.3) is 5.78 Å². The maximum absolute atomic E-state index is 12.5. The fourth-order valence-electron chi connectivity index (χ4n) is 4.47. The number of nitrogens with one attached hydrogen (secondary N) is 1. The molecule has 0 unspecified atom stereocenters. The minimum absolute atomic E-state index is 0.0560. The molecule has 6 nitrogen and oxygen atoms in total. The van der Waals surface area contributed by atoms with Crippen LogP contribution in [0.4, 0.5) is 0 Å². The number of hydrogen-bond acceptors (Lipinski definition) is 5. The minimum Gasteiger partial charge on any atom is -0.352 e. The van der Waals surface area contributed by atoms with Crippen molar-refractivity contribution in [1.82, 2.24) is 24.9 Å². The number of amides is 1. The van der Waals surface area contributed by atoms with Crippen molar-refractivity contribution in [3.05, 3.63) is 52.8 Å². The number of nitrogens with zero attached hydrogens (tertiary/aromatic N) is 4. The van der Waals surface area contributed by atoms with E-state index in [0.29, 0.717) is 28.5 Å². The summed E-state index contributed by atoms with van der Waals surface area (Å²) < 4.78 is 1.80. The van der Waals surface area contributed by atoms with Crippen LogP contribution in [0.3, 0.4) is 0 Å². The van der Waals surface area contributed by atoms with E-state index in [1.165, 1.54) is 35.7 Å². The van der Waals surface area contributed by atoms with Crippen molar-refractivity contribution in [2.24, 2.45) is 11.8 Å². The summed E-state index contributed by atoms with van der Waals surface area (Å²) in [4.78, 5) is 21.7. The molecule has 0 spiro atoms. The van der Waals surface area contributed by atoms with Crippen molar-refractivity contribution >= 4 is 23.4 Å². The van der Waals surface area contributed by atoms with Crippen molar-refractivity contribution in [3.8, 4) is 0 Å². The highest BCUT2D eigenvalue weighted by Crippen LogP contribution is 2.29. The quantitative estimate of drug-likeness (QED) is 0.580. The Morgan fingerprint density at radius 3 is 2.71 bits per heavy atom. The van der Waals surface area contributed by atoms with Crippen LogP contribution in [0.1, 0.15) is 55.6 Å². The summed E-state index contributed by atoms with van der Waals surface area (Å²) in [5, 5.41) is 8.44. The highest BCUT2D eigenvalue weighted by atomic mass is 32.2. The van der Waals surface area contributed by atoms with Crippen LogP contribution in [-0.2, 0) is 11.2 Å². The molecule has 7 heteroatoms. The molecule has 1 aliphatic carbocycles. The SMILES string of the molecule is Cc1nc2nc(SCC(=O)N[C@@H]3CCC[C@@H](C)[C@H]3C)nn2c(C)c1Cc1ccccc1. The summed E-state index contributed by atoms with van der Waals surface area (Å²) in [6, 6.07) is 10.7. The maximum atomic E-state index is 12.5. The zero-order valence-corrected chi connectivity index (χ0v) is 19.6. The van der Waals surface area contributed by atoms with Gasteiger partial charge in [0, 0.05) is 23.9 Å². The van der Waals surface area contributed by atoms with Gasteiger partial charge in [-0.15, -0.1) is 5.10 Å². The van der Waals surface area contributed by atoms with Crippen molar-refractivity contribution in [2.45, 2.75) is 64.6 Å². The Bertz CT molecular complexity index is 1060. The largest absolute Gasteiger partial charge is 0.352 e. The number of aromatic nitrogens is 4. The van der Waals surface area contributed by atoms with E-state index in [2.05, 4.69) is 65.4 Å². The van der Waals surface area contributed by atoms with Gasteiger partial charge in [-0.2, -0.15) is 4.98 Å². The molecule has 1 aromatic carbocycles. The molecule has 1 aliphatic rings. The zero-order chi connectivity index (χ0) is 22.0. The minimum atomic E-state index is 0.0560. The first kappa shape index (κ1) is 21.8. The van der Waals surface area contributed by atoms with Gasteiger partial charge in [0.1, 0.15) is 0 Å². The highest BCUT2D eigenvalue weighted by Gasteiger charge is 2.28. The molecule has 31 heavy (non-hydrogen) atoms. The van der Waals surface area contributed by atoms with Gasteiger partial charge in [0.05, 0.1) is 5.75 Å². The number of hydrogen-bond donors (Lipinski definition) is 1. The van der Waals surface area contributed by atoms with E-state index < -0.39 is 0 Å².